The maximum atomic E-state index is 12.1. The van der Waals surface area contributed by atoms with Crippen molar-refractivity contribution >= 4 is 17.3 Å². The summed E-state index contributed by atoms with van der Waals surface area (Å²) in [6.07, 6.45) is -5.55. The number of nitrogens with two attached hydrogens (primary N) is 1. The van der Waals surface area contributed by atoms with Crippen LogP contribution in [0.15, 0.2) is 18.2 Å². The summed E-state index contributed by atoms with van der Waals surface area (Å²) in [6.45, 7) is -0.551. The van der Waals surface area contributed by atoms with E-state index in [2.05, 4.69) is 0 Å². The van der Waals surface area contributed by atoms with Gasteiger partial charge in [0.2, 0.25) is 0 Å². The lowest BCUT2D eigenvalue weighted by Crippen LogP contribution is -2.31. The van der Waals surface area contributed by atoms with E-state index in [4.69, 9.17) is 5.73 Å². The number of nitro groups is 1. The van der Waals surface area contributed by atoms with Crippen molar-refractivity contribution in [1.82, 2.24) is 4.90 Å². The number of nitrogens with zero attached hydrogens (tertiary/aromatic N) is 2. The van der Waals surface area contributed by atoms with Gasteiger partial charge < -0.3 is 10.6 Å². The maximum absolute atomic E-state index is 12.1. The number of para-hydroxylation sites is 1. The van der Waals surface area contributed by atoms with Crippen molar-refractivity contribution < 1.29 is 22.9 Å². The Labute approximate surface area is 112 Å². The second-order valence-corrected chi connectivity index (χ2v) is 4.09. The summed E-state index contributed by atoms with van der Waals surface area (Å²) in [6, 6.07) is 3.59. The van der Waals surface area contributed by atoms with E-state index in [-0.39, 0.29) is 11.3 Å². The Morgan fingerprint density at radius 3 is 2.55 bits per heavy atom. The van der Waals surface area contributed by atoms with Crippen molar-refractivity contribution in [3.05, 3.63) is 33.9 Å². The first-order chi connectivity index (χ1) is 9.13. The van der Waals surface area contributed by atoms with Crippen molar-refractivity contribution in [1.29, 1.82) is 0 Å². The van der Waals surface area contributed by atoms with Gasteiger partial charge in [0, 0.05) is 19.7 Å². The minimum absolute atomic E-state index is 0.191. The molecule has 0 aliphatic carbocycles. The average molecular weight is 291 g/mol. The highest BCUT2D eigenvalue weighted by molar-refractivity contribution is 6.00. The van der Waals surface area contributed by atoms with E-state index in [0.717, 1.165) is 11.0 Å². The molecule has 0 bridgehead atoms. The Morgan fingerprint density at radius 2 is 2.05 bits per heavy atom. The van der Waals surface area contributed by atoms with Crippen LogP contribution in [0.5, 0.6) is 0 Å². The van der Waals surface area contributed by atoms with Crippen LogP contribution < -0.4 is 5.73 Å². The van der Waals surface area contributed by atoms with Gasteiger partial charge in [-0.1, -0.05) is 6.07 Å². The second kappa shape index (κ2) is 5.76. The Hall–Kier alpha value is -2.32. The summed E-state index contributed by atoms with van der Waals surface area (Å²) in [5, 5.41) is 10.7. The molecule has 1 aromatic carbocycles. The molecule has 1 rings (SSSR count). The van der Waals surface area contributed by atoms with Crippen molar-refractivity contribution in [3.63, 3.8) is 0 Å². The largest absolute Gasteiger partial charge is 0.393 e. The quantitative estimate of drug-likeness (QED) is 0.523. The van der Waals surface area contributed by atoms with E-state index < -0.39 is 35.7 Å². The zero-order chi connectivity index (χ0) is 15.5. The lowest BCUT2D eigenvalue weighted by molar-refractivity contribution is -0.383. The van der Waals surface area contributed by atoms with Gasteiger partial charge in [0.05, 0.1) is 16.9 Å². The van der Waals surface area contributed by atoms with Crippen molar-refractivity contribution in [2.24, 2.45) is 0 Å². The van der Waals surface area contributed by atoms with E-state index >= 15 is 0 Å². The molecular formula is C11H12F3N3O3. The first-order valence-electron chi connectivity index (χ1n) is 5.48. The Kier molecular flexibility index (Phi) is 4.53. The number of nitro benzene ring substituents is 1. The number of nitrogen functional groups attached to an aromatic ring is 1. The van der Waals surface area contributed by atoms with Crippen LogP contribution >= 0.6 is 0 Å². The molecule has 9 heteroatoms. The highest BCUT2D eigenvalue weighted by Crippen LogP contribution is 2.26. The molecule has 110 valence electrons. The Morgan fingerprint density at radius 1 is 1.45 bits per heavy atom. The van der Waals surface area contributed by atoms with Crippen molar-refractivity contribution in [2.75, 3.05) is 19.3 Å². The second-order valence-electron chi connectivity index (χ2n) is 4.09. The van der Waals surface area contributed by atoms with E-state index in [1.807, 2.05) is 0 Å². The van der Waals surface area contributed by atoms with E-state index in [9.17, 15) is 28.1 Å². The molecule has 1 amide bonds. The number of rotatable bonds is 4. The van der Waals surface area contributed by atoms with E-state index in [1.54, 1.807) is 0 Å². The molecule has 0 saturated carbocycles. The highest BCUT2D eigenvalue weighted by Gasteiger charge is 2.29. The monoisotopic (exact) mass is 291 g/mol. The molecule has 0 fully saturated rings. The molecule has 0 aliphatic rings. The lowest BCUT2D eigenvalue weighted by atomic mass is 10.1. The average Bonchev–Trinajstić information content (AvgIpc) is 2.34. The van der Waals surface area contributed by atoms with Gasteiger partial charge >= 0.3 is 6.18 Å². The van der Waals surface area contributed by atoms with Gasteiger partial charge in [-0.2, -0.15) is 13.2 Å². The highest BCUT2D eigenvalue weighted by atomic mass is 19.4. The van der Waals surface area contributed by atoms with Crippen LogP contribution in [-0.4, -0.2) is 35.5 Å². The number of carbonyl (C=O) groups is 1. The van der Waals surface area contributed by atoms with Crippen molar-refractivity contribution in [2.45, 2.75) is 12.6 Å². The normalized spacial score (nSPS) is 11.2. The predicted molar refractivity (Wildman–Crippen MR) is 65.1 cm³/mol. The summed E-state index contributed by atoms with van der Waals surface area (Å²) in [5.41, 5.74) is 4.48. The molecule has 0 unspecified atom stereocenters. The molecule has 0 atom stereocenters. The van der Waals surface area contributed by atoms with E-state index in [1.165, 1.54) is 19.2 Å². The number of alkyl halides is 3. The van der Waals surface area contributed by atoms with Gasteiger partial charge in [-0.15, -0.1) is 0 Å². The van der Waals surface area contributed by atoms with Crippen LogP contribution in [-0.2, 0) is 0 Å². The zero-order valence-electron chi connectivity index (χ0n) is 10.5. The minimum Gasteiger partial charge on any atom is -0.393 e. The van der Waals surface area contributed by atoms with Gasteiger partial charge in [0.15, 0.2) is 0 Å². The first kappa shape index (κ1) is 15.7. The van der Waals surface area contributed by atoms with Gasteiger partial charge in [0.25, 0.3) is 11.6 Å². The third-order valence-corrected chi connectivity index (χ3v) is 2.59. The molecule has 0 heterocycles. The number of anilines is 1. The molecule has 0 saturated heterocycles. The van der Waals surface area contributed by atoms with Gasteiger partial charge in [-0.25, -0.2) is 0 Å². The molecule has 0 aliphatic heterocycles. The topological polar surface area (TPSA) is 89.5 Å². The summed E-state index contributed by atoms with van der Waals surface area (Å²) < 4.78 is 36.2. The lowest BCUT2D eigenvalue weighted by Gasteiger charge is -2.18. The minimum atomic E-state index is -4.39. The fraction of sp³-hybridized carbons (Fsp3) is 0.364. The molecular weight excluding hydrogens is 279 g/mol. The molecule has 0 radical (unpaired) electrons. The summed E-state index contributed by atoms with van der Waals surface area (Å²) >= 11 is 0. The number of amides is 1. The number of hydrogen-bond donors (Lipinski definition) is 1. The van der Waals surface area contributed by atoms with Crippen molar-refractivity contribution in [3.8, 4) is 0 Å². The maximum Gasteiger partial charge on any atom is 0.390 e. The molecule has 2 N–H and O–H groups in total. The van der Waals surface area contributed by atoms with Crippen LogP contribution in [0, 0.1) is 10.1 Å². The fourth-order valence-corrected chi connectivity index (χ4v) is 1.50. The molecule has 0 aromatic heterocycles. The van der Waals surface area contributed by atoms with Crippen LogP contribution in [0.1, 0.15) is 16.8 Å². The van der Waals surface area contributed by atoms with Gasteiger partial charge in [-0.3, -0.25) is 14.9 Å². The van der Waals surface area contributed by atoms with Gasteiger partial charge in [-0.05, 0) is 6.07 Å². The number of benzene rings is 1. The van der Waals surface area contributed by atoms with E-state index in [0.29, 0.717) is 0 Å². The Balaban J connectivity index is 2.92. The summed E-state index contributed by atoms with van der Waals surface area (Å²) in [7, 11) is 1.17. The predicted octanol–water partition coefficient (Wildman–Crippen LogP) is 2.20. The van der Waals surface area contributed by atoms with Crippen LogP contribution in [0.2, 0.25) is 0 Å². The standard InChI is InChI=1S/C11H12F3N3O3/c1-16(6-5-11(12,13)14)10(18)7-3-2-4-8(9(7)15)17(19)20/h2-4H,5-6,15H2,1H3. The summed E-state index contributed by atoms with van der Waals surface area (Å²) in [4.78, 5) is 22.6. The van der Waals surface area contributed by atoms with Crippen LogP contribution in [0.4, 0.5) is 24.5 Å². The first-order valence-corrected chi connectivity index (χ1v) is 5.48. The molecule has 1 aromatic rings. The molecule has 6 nitrogen and oxygen atoms in total. The third-order valence-electron chi connectivity index (χ3n) is 2.59. The van der Waals surface area contributed by atoms with Crippen LogP contribution in [0.3, 0.4) is 0 Å². The fourth-order valence-electron chi connectivity index (χ4n) is 1.50. The molecule has 0 spiro atoms. The third kappa shape index (κ3) is 3.84. The van der Waals surface area contributed by atoms with Gasteiger partial charge in [0.1, 0.15) is 5.69 Å². The number of halogens is 3. The van der Waals surface area contributed by atoms with Crippen LogP contribution in [0.25, 0.3) is 0 Å². The number of carbonyl (C=O) groups excluding carboxylic acids is 1. The zero-order valence-corrected chi connectivity index (χ0v) is 10.5. The Bertz CT molecular complexity index is 531. The number of hydrogen-bond acceptors (Lipinski definition) is 4. The molecule has 20 heavy (non-hydrogen) atoms. The SMILES string of the molecule is CN(CCC(F)(F)F)C(=O)c1cccc([N+](=O)[O-])c1N. The smallest absolute Gasteiger partial charge is 0.390 e. The summed E-state index contributed by atoms with van der Waals surface area (Å²) in [5.74, 6) is -0.796.